The molecule has 1 aromatic heterocycles. The Hall–Kier alpha value is -1.66. The summed E-state index contributed by atoms with van der Waals surface area (Å²) in [5.41, 5.74) is 6.15. The average Bonchev–Trinajstić information content (AvgIpc) is 3.10. The molecule has 0 saturated carbocycles. The van der Waals surface area contributed by atoms with Gasteiger partial charge in [0.15, 0.2) is 5.96 Å². The van der Waals surface area contributed by atoms with Crippen molar-refractivity contribution in [2.24, 2.45) is 10.7 Å². The van der Waals surface area contributed by atoms with E-state index in [4.69, 9.17) is 10.5 Å². The first-order chi connectivity index (χ1) is 10.8. The third kappa shape index (κ3) is 3.56. The summed E-state index contributed by atoms with van der Waals surface area (Å²) in [5.74, 6) is 1.16. The van der Waals surface area contributed by atoms with Crippen molar-refractivity contribution in [1.29, 1.82) is 0 Å². The first kappa shape index (κ1) is 15.2. The third-order valence-electron chi connectivity index (χ3n) is 4.67. The van der Waals surface area contributed by atoms with Gasteiger partial charge in [0, 0.05) is 24.9 Å². The number of pyridine rings is 1. The zero-order valence-electron chi connectivity index (χ0n) is 13.0. The Kier molecular flexibility index (Phi) is 4.90. The standard InChI is InChI=1S/C16H25N5O/c17-15(20-14-5-1-2-8-18-14)19-13-16(6-11-22-12-7-16)21-9-3-4-10-21/h1-2,5,8H,3-4,6-7,9-13H2,(H3,17,18,19,20). The minimum Gasteiger partial charge on any atom is -0.381 e. The number of nitrogens with two attached hydrogens (primary N) is 1. The molecule has 6 heteroatoms. The van der Waals surface area contributed by atoms with Crippen LogP contribution in [-0.2, 0) is 4.74 Å². The maximum Gasteiger partial charge on any atom is 0.194 e. The topological polar surface area (TPSA) is 75.8 Å². The van der Waals surface area contributed by atoms with Gasteiger partial charge in [-0.15, -0.1) is 0 Å². The molecule has 0 bridgehead atoms. The number of ether oxygens (including phenoxy) is 1. The number of hydrogen-bond donors (Lipinski definition) is 2. The second-order valence-electron chi connectivity index (χ2n) is 6.07. The number of aliphatic imine (C=N–C) groups is 1. The van der Waals surface area contributed by atoms with Gasteiger partial charge in [-0.3, -0.25) is 9.89 Å². The van der Waals surface area contributed by atoms with E-state index >= 15 is 0 Å². The van der Waals surface area contributed by atoms with Crippen LogP contribution in [0.5, 0.6) is 0 Å². The van der Waals surface area contributed by atoms with E-state index in [1.807, 2.05) is 18.2 Å². The molecule has 22 heavy (non-hydrogen) atoms. The van der Waals surface area contributed by atoms with Crippen LogP contribution in [-0.4, -0.2) is 54.2 Å². The van der Waals surface area contributed by atoms with Gasteiger partial charge in [-0.05, 0) is 50.9 Å². The lowest BCUT2D eigenvalue weighted by atomic mass is 9.88. The Balaban J connectivity index is 1.66. The van der Waals surface area contributed by atoms with E-state index in [-0.39, 0.29) is 5.54 Å². The molecule has 2 saturated heterocycles. The first-order valence-corrected chi connectivity index (χ1v) is 8.09. The summed E-state index contributed by atoms with van der Waals surface area (Å²) in [6.07, 6.45) is 6.38. The molecule has 3 heterocycles. The van der Waals surface area contributed by atoms with Crippen LogP contribution >= 0.6 is 0 Å². The van der Waals surface area contributed by atoms with Gasteiger partial charge < -0.3 is 15.8 Å². The van der Waals surface area contributed by atoms with Crippen LogP contribution in [0.2, 0.25) is 0 Å². The normalized spacial score (nSPS) is 22.6. The highest BCUT2D eigenvalue weighted by molar-refractivity contribution is 5.91. The van der Waals surface area contributed by atoms with E-state index in [0.29, 0.717) is 5.96 Å². The number of guanidine groups is 1. The highest BCUT2D eigenvalue weighted by atomic mass is 16.5. The minimum absolute atomic E-state index is 0.116. The summed E-state index contributed by atoms with van der Waals surface area (Å²) < 4.78 is 5.55. The van der Waals surface area contributed by atoms with E-state index in [9.17, 15) is 0 Å². The Bertz CT molecular complexity index is 493. The molecular weight excluding hydrogens is 278 g/mol. The fraction of sp³-hybridized carbons (Fsp3) is 0.625. The van der Waals surface area contributed by atoms with Crippen molar-refractivity contribution in [2.45, 2.75) is 31.2 Å². The summed E-state index contributed by atoms with van der Waals surface area (Å²) >= 11 is 0. The largest absolute Gasteiger partial charge is 0.381 e. The van der Waals surface area contributed by atoms with Crippen molar-refractivity contribution < 1.29 is 4.74 Å². The molecule has 3 rings (SSSR count). The van der Waals surface area contributed by atoms with Gasteiger partial charge in [0.2, 0.25) is 0 Å². The number of aromatic nitrogens is 1. The van der Waals surface area contributed by atoms with Gasteiger partial charge in [-0.1, -0.05) is 6.07 Å². The van der Waals surface area contributed by atoms with Gasteiger partial charge in [0.25, 0.3) is 0 Å². The van der Waals surface area contributed by atoms with Crippen LogP contribution in [0.15, 0.2) is 29.4 Å². The molecule has 0 spiro atoms. The van der Waals surface area contributed by atoms with Crippen LogP contribution in [0.4, 0.5) is 5.82 Å². The molecule has 3 N–H and O–H groups in total. The zero-order valence-corrected chi connectivity index (χ0v) is 13.0. The minimum atomic E-state index is 0.116. The molecule has 2 fully saturated rings. The van der Waals surface area contributed by atoms with Crippen molar-refractivity contribution in [3.63, 3.8) is 0 Å². The molecule has 0 unspecified atom stereocenters. The van der Waals surface area contributed by atoms with E-state index in [2.05, 4.69) is 20.2 Å². The van der Waals surface area contributed by atoms with Gasteiger partial charge in [-0.2, -0.15) is 0 Å². The maximum atomic E-state index is 6.03. The third-order valence-corrected chi connectivity index (χ3v) is 4.67. The van der Waals surface area contributed by atoms with E-state index in [1.54, 1.807) is 6.20 Å². The lowest BCUT2D eigenvalue weighted by molar-refractivity contribution is -0.0138. The molecule has 6 nitrogen and oxygen atoms in total. The summed E-state index contributed by atoms with van der Waals surface area (Å²) in [4.78, 5) is 11.4. The molecule has 2 aliphatic heterocycles. The fourth-order valence-electron chi connectivity index (χ4n) is 3.36. The number of nitrogens with one attached hydrogen (secondary N) is 1. The van der Waals surface area contributed by atoms with Crippen molar-refractivity contribution in [1.82, 2.24) is 9.88 Å². The van der Waals surface area contributed by atoms with Crippen LogP contribution in [0.3, 0.4) is 0 Å². The molecule has 120 valence electrons. The Morgan fingerprint density at radius 1 is 1.32 bits per heavy atom. The number of hydrogen-bond acceptors (Lipinski definition) is 4. The molecule has 0 radical (unpaired) electrons. The summed E-state index contributed by atoms with van der Waals surface area (Å²) in [6.45, 7) is 4.70. The van der Waals surface area contributed by atoms with Crippen molar-refractivity contribution in [3.8, 4) is 0 Å². The van der Waals surface area contributed by atoms with Gasteiger partial charge in [0.1, 0.15) is 5.82 Å². The molecule has 0 aromatic carbocycles. The second kappa shape index (κ2) is 7.07. The second-order valence-corrected chi connectivity index (χ2v) is 6.07. The van der Waals surface area contributed by atoms with Crippen LogP contribution < -0.4 is 11.1 Å². The lowest BCUT2D eigenvalue weighted by Crippen LogP contribution is -2.53. The molecule has 0 aliphatic carbocycles. The van der Waals surface area contributed by atoms with Crippen molar-refractivity contribution in [3.05, 3.63) is 24.4 Å². The van der Waals surface area contributed by atoms with Crippen molar-refractivity contribution >= 4 is 11.8 Å². The number of likely N-dealkylation sites (tertiary alicyclic amines) is 1. The van der Waals surface area contributed by atoms with E-state index in [0.717, 1.165) is 38.4 Å². The van der Waals surface area contributed by atoms with E-state index in [1.165, 1.54) is 25.9 Å². The van der Waals surface area contributed by atoms with Gasteiger partial charge in [-0.25, -0.2) is 4.98 Å². The van der Waals surface area contributed by atoms with Crippen LogP contribution in [0.25, 0.3) is 0 Å². The maximum absolute atomic E-state index is 6.03. The summed E-state index contributed by atoms with van der Waals surface area (Å²) in [6, 6.07) is 5.68. The molecule has 1 aromatic rings. The van der Waals surface area contributed by atoms with E-state index < -0.39 is 0 Å². The Morgan fingerprint density at radius 3 is 2.77 bits per heavy atom. The highest BCUT2D eigenvalue weighted by Gasteiger charge is 2.39. The fourth-order valence-corrected chi connectivity index (χ4v) is 3.36. The monoisotopic (exact) mass is 303 g/mol. The Morgan fingerprint density at radius 2 is 2.09 bits per heavy atom. The zero-order chi connectivity index (χ0) is 15.3. The molecule has 0 amide bonds. The van der Waals surface area contributed by atoms with Gasteiger partial charge >= 0.3 is 0 Å². The molecular formula is C16H25N5O. The predicted molar refractivity (Wildman–Crippen MR) is 87.9 cm³/mol. The highest BCUT2D eigenvalue weighted by Crippen LogP contribution is 2.31. The Labute approximate surface area is 131 Å². The quantitative estimate of drug-likeness (QED) is 0.650. The van der Waals surface area contributed by atoms with Crippen LogP contribution in [0.1, 0.15) is 25.7 Å². The summed E-state index contributed by atoms with van der Waals surface area (Å²) in [5, 5.41) is 3.06. The van der Waals surface area contributed by atoms with Gasteiger partial charge in [0.05, 0.1) is 6.54 Å². The smallest absolute Gasteiger partial charge is 0.194 e. The van der Waals surface area contributed by atoms with Crippen LogP contribution in [0, 0.1) is 0 Å². The SMILES string of the molecule is NC(=NCC1(N2CCCC2)CCOCC1)Nc1ccccn1. The molecule has 0 atom stereocenters. The number of nitrogens with zero attached hydrogens (tertiary/aromatic N) is 3. The average molecular weight is 303 g/mol. The molecule has 2 aliphatic rings. The number of rotatable bonds is 4. The first-order valence-electron chi connectivity index (χ1n) is 8.09. The number of anilines is 1. The predicted octanol–water partition coefficient (Wildman–Crippen LogP) is 1.45. The lowest BCUT2D eigenvalue weighted by Gasteiger charge is -2.43. The summed E-state index contributed by atoms with van der Waals surface area (Å²) in [7, 11) is 0. The van der Waals surface area contributed by atoms with Crippen molar-refractivity contribution in [2.75, 3.05) is 38.2 Å².